The zero-order valence-corrected chi connectivity index (χ0v) is 26.5. The van der Waals surface area contributed by atoms with E-state index >= 15 is 0 Å². The van der Waals surface area contributed by atoms with Gasteiger partial charge in [-0.2, -0.15) is 0 Å². The van der Waals surface area contributed by atoms with Crippen LogP contribution in [0.3, 0.4) is 0 Å². The Morgan fingerprint density at radius 2 is 1.49 bits per heavy atom. The molecule has 0 spiro atoms. The summed E-state index contributed by atoms with van der Waals surface area (Å²) in [6.45, 7) is 1.90. The van der Waals surface area contributed by atoms with E-state index in [1.165, 1.54) is 17.8 Å². The summed E-state index contributed by atoms with van der Waals surface area (Å²) in [7, 11) is 0. The molecule has 0 aliphatic heterocycles. The van der Waals surface area contributed by atoms with Crippen LogP contribution in [-0.4, -0.2) is 23.0 Å². The molecule has 0 aliphatic rings. The fourth-order valence-electron chi connectivity index (χ4n) is 3.87. The molecule has 0 radical (unpaired) electrons. The van der Waals surface area contributed by atoms with Crippen LogP contribution in [0.5, 0.6) is 0 Å². The van der Waals surface area contributed by atoms with Crippen LogP contribution in [-0.2, 0) is 9.59 Å². The van der Waals surface area contributed by atoms with Crippen molar-refractivity contribution in [3.05, 3.63) is 128 Å². The van der Waals surface area contributed by atoms with Gasteiger partial charge in [-0.15, -0.1) is 11.8 Å². The maximum atomic E-state index is 13.5. The Kier molecular flexibility index (Phi) is 11.6. The molecule has 4 aromatic rings. The lowest BCUT2D eigenvalue weighted by Gasteiger charge is -2.16. The molecule has 1 unspecified atom stereocenters. The van der Waals surface area contributed by atoms with E-state index in [2.05, 4.69) is 16.0 Å². The van der Waals surface area contributed by atoms with E-state index in [9.17, 15) is 14.4 Å². The van der Waals surface area contributed by atoms with Crippen molar-refractivity contribution in [2.45, 2.75) is 23.5 Å². The first-order valence-corrected chi connectivity index (χ1v) is 15.4. The Balaban J connectivity index is 1.54. The number of benzene rings is 4. The van der Waals surface area contributed by atoms with Gasteiger partial charge >= 0.3 is 0 Å². The first-order chi connectivity index (χ1) is 20.6. The average Bonchev–Trinajstić information content (AvgIpc) is 2.99. The van der Waals surface area contributed by atoms with Crippen LogP contribution in [0.25, 0.3) is 6.08 Å². The molecular weight excluding hydrogens is 648 g/mol. The Hall–Kier alpha value is -3.46. The Bertz CT molecular complexity index is 1660. The molecule has 1 atom stereocenters. The highest BCUT2D eigenvalue weighted by Crippen LogP contribution is 2.31. The molecule has 0 heterocycles. The quantitative estimate of drug-likeness (QED) is 0.116. The molecule has 0 saturated carbocycles. The number of carbonyl (C=O) groups excluding carboxylic acids is 3. The second-order valence-electron chi connectivity index (χ2n) is 9.12. The van der Waals surface area contributed by atoms with Gasteiger partial charge in [0.2, 0.25) is 5.91 Å². The average molecular weight is 673 g/mol. The fraction of sp³-hybridized carbons (Fsp3) is 0.0938. The number of hydrogen-bond donors (Lipinski definition) is 3. The lowest BCUT2D eigenvalue weighted by molar-refractivity contribution is -0.116. The van der Waals surface area contributed by atoms with Crippen LogP contribution in [0.2, 0.25) is 20.1 Å². The fourth-order valence-corrected chi connectivity index (χ4v) is 5.73. The molecule has 0 aromatic heterocycles. The second-order valence-corrected chi connectivity index (χ2v) is 12.1. The molecule has 0 bridgehead atoms. The summed E-state index contributed by atoms with van der Waals surface area (Å²) in [6, 6.07) is 25.3. The number of anilines is 2. The summed E-state index contributed by atoms with van der Waals surface area (Å²) in [4.78, 5) is 40.2. The first kappa shape index (κ1) is 32.5. The van der Waals surface area contributed by atoms with E-state index in [-0.39, 0.29) is 11.6 Å². The van der Waals surface area contributed by atoms with Gasteiger partial charge < -0.3 is 16.0 Å². The van der Waals surface area contributed by atoms with Gasteiger partial charge in [0, 0.05) is 36.8 Å². The van der Waals surface area contributed by atoms with E-state index in [1.807, 2.05) is 13.0 Å². The zero-order chi connectivity index (χ0) is 30.9. The lowest BCUT2D eigenvalue weighted by Crippen LogP contribution is -2.30. The van der Waals surface area contributed by atoms with Gasteiger partial charge in [-0.1, -0.05) is 83.7 Å². The minimum atomic E-state index is -0.595. The monoisotopic (exact) mass is 671 g/mol. The molecule has 3 N–H and O–H groups in total. The Morgan fingerprint density at radius 1 is 0.791 bits per heavy atom. The lowest BCUT2D eigenvalue weighted by atomic mass is 10.1. The Labute approximate surface area is 273 Å². The smallest absolute Gasteiger partial charge is 0.272 e. The normalized spacial score (nSPS) is 11.9. The number of rotatable bonds is 10. The highest BCUT2D eigenvalue weighted by atomic mass is 35.5. The van der Waals surface area contributed by atoms with Gasteiger partial charge in [-0.25, -0.2) is 0 Å². The molecule has 3 amide bonds. The zero-order valence-electron chi connectivity index (χ0n) is 22.7. The third-order valence-electron chi connectivity index (χ3n) is 6.04. The number of amides is 3. The van der Waals surface area contributed by atoms with Crippen molar-refractivity contribution < 1.29 is 14.4 Å². The summed E-state index contributed by atoms with van der Waals surface area (Å²) in [6.07, 6.45) is 1.96. The molecule has 0 fully saturated rings. The number of nitrogens with one attached hydrogen (secondary N) is 3. The molecular formula is C32H25Cl4N3O3S. The second kappa shape index (κ2) is 15.3. The minimum absolute atomic E-state index is 0.0638. The van der Waals surface area contributed by atoms with Crippen molar-refractivity contribution in [2.24, 2.45) is 0 Å². The van der Waals surface area contributed by atoms with E-state index < -0.39 is 17.1 Å². The standard InChI is InChI=1S/C32H25Cl4N3O3S/c1-2-29(32(42)38-27-16-20(33)14-15-26(27)36)43-22-11-6-10-21(17-22)37-31(41)28(18-23-24(34)12-7-13-25(23)35)39-30(40)19-8-4-3-5-9-19/h3-18,29H,2H2,1H3,(H,37,41)(H,38,42)(H,39,40)/b28-18+. The van der Waals surface area contributed by atoms with Crippen LogP contribution in [0.4, 0.5) is 11.4 Å². The van der Waals surface area contributed by atoms with E-state index in [1.54, 1.807) is 84.9 Å². The molecule has 4 rings (SSSR count). The molecule has 220 valence electrons. The van der Waals surface area contributed by atoms with Crippen molar-refractivity contribution in [3.8, 4) is 0 Å². The van der Waals surface area contributed by atoms with Crippen molar-refractivity contribution in [1.82, 2.24) is 5.32 Å². The number of thioether (sulfide) groups is 1. The van der Waals surface area contributed by atoms with Gasteiger partial charge in [-0.3, -0.25) is 14.4 Å². The number of halogens is 4. The Morgan fingerprint density at radius 3 is 2.19 bits per heavy atom. The van der Waals surface area contributed by atoms with Crippen molar-refractivity contribution in [1.29, 1.82) is 0 Å². The van der Waals surface area contributed by atoms with Crippen LogP contribution < -0.4 is 16.0 Å². The topological polar surface area (TPSA) is 87.3 Å². The third kappa shape index (κ3) is 9.02. The molecule has 4 aromatic carbocycles. The summed E-state index contributed by atoms with van der Waals surface area (Å²) in [5, 5.41) is 9.33. The predicted molar refractivity (Wildman–Crippen MR) is 178 cm³/mol. The van der Waals surface area contributed by atoms with E-state index in [0.717, 1.165) is 4.90 Å². The van der Waals surface area contributed by atoms with Crippen LogP contribution in [0, 0.1) is 0 Å². The van der Waals surface area contributed by atoms with Crippen molar-refractivity contribution in [2.75, 3.05) is 10.6 Å². The predicted octanol–water partition coefficient (Wildman–Crippen LogP) is 9.22. The summed E-state index contributed by atoms with van der Waals surface area (Å²) in [5.74, 6) is -1.31. The largest absolute Gasteiger partial charge is 0.324 e. The van der Waals surface area contributed by atoms with Gasteiger partial charge in [0.25, 0.3) is 11.8 Å². The molecule has 43 heavy (non-hydrogen) atoms. The molecule has 0 saturated heterocycles. The molecule has 0 aliphatic carbocycles. The SMILES string of the molecule is CCC(Sc1cccc(NC(=O)/C(=C\c2c(Cl)cccc2Cl)NC(=O)c2ccccc2)c1)C(=O)Nc1cc(Cl)ccc1Cl. The van der Waals surface area contributed by atoms with Crippen LogP contribution in [0.15, 0.2) is 102 Å². The van der Waals surface area contributed by atoms with E-state index in [0.29, 0.717) is 49.0 Å². The van der Waals surface area contributed by atoms with Gasteiger partial charge in [0.1, 0.15) is 5.70 Å². The third-order valence-corrected chi connectivity index (χ3v) is 8.62. The van der Waals surface area contributed by atoms with E-state index in [4.69, 9.17) is 46.4 Å². The molecule has 6 nitrogen and oxygen atoms in total. The van der Waals surface area contributed by atoms with Crippen LogP contribution in [0.1, 0.15) is 29.3 Å². The van der Waals surface area contributed by atoms with Crippen molar-refractivity contribution in [3.63, 3.8) is 0 Å². The summed E-state index contributed by atoms with van der Waals surface area (Å²) >= 11 is 26.3. The maximum absolute atomic E-state index is 13.5. The highest BCUT2D eigenvalue weighted by molar-refractivity contribution is 8.00. The van der Waals surface area contributed by atoms with Crippen molar-refractivity contribution >= 4 is 93.3 Å². The maximum Gasteiger partial charge on any atom is 0.272 e. The van der Waals surface area contributed by atoms with Gasteiger partial charge in [-0.05, 0) is 73.2 Å². The summed E-state index contributed by atoms with van der Waals surface area (Å²) < 4.78 is 0. The number of hydrogen-bond acceptors (Lipinski definition) is 4. The molecule has 11 heteroatoms. The van der Waals surface area contributed by atoms with Crippen LogP contribution >= 0.6 is 58.2 Å². The first-order valence-electron chi connectivity index (χ1n) is 13.0. The van der Waals surface area contributed by atoms with Gasteiger partial charge in [0.05, 0.1) is 16.0 Å². The van der Waals surface area contributed by atoms with Gasteiger partial charge in [0.15, 0.2) is 0 Å². The highest BCUT2D eigenvalue weighted by Gasteiger charge is 2.21. The summed E-state index contributed by atoms with van der Waals surface area (Å²) in [5.41, 5.74) is 1.56. The number of carbonyl (C=O) groups is 3. The minimum Gasteiger partial charge on any atom is -0.324 e.